The summed E-state index contributed by atoms with van der Waals surface area (Å²) in [5.41, 5.74) is 0.256. The molecule has 1 saturated carbocycles. The molecule has 3 rings (SSSR count). The Morgan fingerprint density at radius 1 is 1.11 bits per heavy atom. The van der Waals surface area contributed by atoms with E-state index in [1.54, 1.807) is 0 Å². The first-order valence-corrected chi connectivity index (χ1v) is 7.10. The minimum atomic E-state index is -0.730. The molecule has 0 aliphatic heterocycles. The molecule has 1 unspecified atom stereocenters. The first-order valence-electron chi connectivity index (χ1n) is 7.10. The van der Waals surface area contributed by atoms with Crippen LogP contribution < -0.4 is 0 Å². The Bertz CT molecular complexity index is 600. The van der Waals surface area contributed by atoms with Crippen LogP contribution in [-0.4, -0.2) is 10.1 Å². The SMILES string of the molecule is CC1(C)CCCCC1(O)c1cccc2cnccc12. The number of nitrogens with zero attached hydrogens (tertiary/aromatic N) is 1. The maximum atomic E-state index is 11.3. The lowest BCUT2D eigenvalue weighted by atomic mass is 9.62. The minimum absolute atomic E-state index is 0.0806. The first-order chi connectivity index (χ1) is 9.05. The molecule has 19 heavy (non-hydrogen) atoms. The van der Waals surface area contributed by atoms with Gasteiger partial charge in [-0.1, -0.05) is 44.9 Å². The molecule has 0 spiro atoms. The van der Waals surface area contributed by atoms with E-state index in [1.165, 1.54) is 6.42 Å². The van der Waals surface area contributed by atoms with Gasteiger partial charge in [-0.25, -0.2) is 0 Å². The molecular formula is C17H21NO. The molecule has 0 saturated heterocycles. The number of fused-ring (bicyclic) bond motifs is 1. The fourth-order valence-corrected chi connectivity index (χ4v) is 3.48. The lowest BCUT2D eigenvalue weighted by Gasteiger charge is -2.47. The normalized spacial score (nSPS) is 26.5. The van der Waals surface area contributed by atoms with Gasteiger partial charge in [0.15, 0.2) is 0 Å². The largest absolute Gasteiger partial charge is 0.385 e. The van der Waals surface area contributed by atoms with E-state index in [0.29, 0.717) is 0 Å². The summed E-state index contributed by atoms with van der Waals surface area (Å²) in [6.45, 7) is 4.37. The second kappa shape index (κ2) is 4.31. The predicted molar refractivity (Wildman–Crippen MR) is 77.9 cm³/mol. The highest BCUT2D eigenvalue weighted by Gasteiger charge is 2.46. The molecule has 1 atom stereocenters. The van der Waals surface area contributed by atoms with Gasteiger partial charge in [-0.05, 0) is 35.3 Å². The van der Waals surface area contributed by atoms with E-state index < -0.39 is 5.60 Å². The van der Waals surface area contributed by atoms with Crippen LogP contribution in [-0.2, 0) is 5.60 Å². The summed E-state index contributed by atoms with van der Waals surface area (Å²) < 4.78 is 0. The molecule has 1 aliphatic rings. The summed E-state index contributed by atoms with van der Waals surface area (Å²) in [6.07, 6.45) is 7.92. The third-order valence-corrected chi connectivity index (χ3v) is 4.84. The van der Waals surface area contributed by atoms with Gasteiger partial charge in [0.05, 0.1) is 5.60 Å². The molecule has 1 N–H and O–H groups in total. The van der Waals surface area contributed by atoms with E-state index >= 15 is 0 Å². The van der Waals surface area contributed by atoms with Crippen molar-refractivity contribution in [1.82, 2.24) is 4.98 Å². The van der Waals surface area contributed by atoms with E-state index in [9.17, 15) is 5.11 Å². The molecule has 1 fully saturated rings. The van der Waals surface area contributed by atoms with Crippen LogP contribution in [0.25, 0.3) is 10.8 Å². The van der Waals surface area contributed by atoms with Crippen LogP contribution in [0.4, 0.5) is 0 Å². The van der Waals surface area contributed by atoms with Crippen molar-refractivity contribution in [1.29, 1.82) is 0 Å². The summed E-state index contributed by atoms with van der Waals surface area (Å²) in [6, 6.07) is 8.19. The van der Waals surface area contributed by atoms with E-state index in [2.05, 4.69) is 31.0 Å². The van der Waals surface area contributed by atoms with Crippen molar-refractivity contribution in [3.63, 3.8) is 0 Å². The predicted octanol–water partition coefficient (Wildman–Crippen LogP) is 4.02. The Kier molecular flexibility index (Phi) is 2.86. The third-order valence-electron chi connectivity index (χ3n) is 4.84. The number of hydrogen-bond acceptors (Lipinski definition) is 2. The van der Waals surface area contributed by atoms with Crippen LogP contribution >= 0.6 is 0 Å². The topological polar surface area (TPSA) is 33.1 Å². The summed E-state index contributed by atoms with van der Waals surface area (Å²) >= 11 is 0. The van der Waals surface area contributed by atoms with E-state index in [0.717, 1.165) is 35.6 Å². The fraction of sp³-hybridized carbons (Fsp3) is 0.471. The average molecular weight is 255 g/mol. The number of pyridine rings is 1. The second-order valence-corrected chi connectivity index (χ2v) is 6.35. The van der Waals surface area contributed by atoms with Gasteiger partial charge in [-0.3, -0.25) is 4.98 Å². The van der Waals surface area contributed by atoms with Gasteiger partial charge < -0.3 is 5.11 Å². The quantitative estimate of drug-likeness (QED) is 0.834. The maximum absolute atomic E-state index is 11.3. The molecule has 1 aromatic carbocycles. The summed E-state index contributed by atoms with van der Waals surface area (Å²) in [7, 11) is 0. The zero-order valence-electron chi connectivity index (χ0n) is 11.7. The smallest absolute Gasteiger partial charge is 0.0953 e. The van der Waals surface area contributed by atoms with Gasteiger partial charge in [0.2, 0.25) is 0 Å². The molecule has 0 bridgehead atoms. The Hall–Kier alpha value is -1.41. The molecule has 1 aliphatic carbocycles. The molecule has 2 aromatic rings. The highest BCUT2D eigenvalue weighted by molar-refractivity contribution is 5.85. The number of benzene rings is 1. The zero-order chi connectivity index (χ0) is 13.5. The third kappa shape index (κ3) is 1.86. The van der Waals surface area contributed by atoms with Crippen molar-refractivity contribution in [2.75, 3.05) is 0 Å². The van der Waals surface area contributed by atoms with Gasteiger partial charge in [0.25, 0.3) is 0 Å². The number of rotatable bonds is 1. The highest BCUT2D eigenvalue weighted by Crippen LogP contribution is 2.51. The summed E-state index contributed by atoms with van der Waals surface area (Å²) in [5.74, 6) is 0. The number of hydrogen-bond donors (Lipinski definition) is 1. The van der Waals surface area contributed by atoms with Crippen molar-refractivity contribution in [3.8, 4) is 0 Å². The Morgan fingerprint density at radius 2 is 1.89 bits per heavy atom. The fourth-order valence-electron chi connectivity index (χ4n) is 3.48. The molecule has 0 amide bonds. The highest BCUT2D eigenvalue weighted by atomic mass is 16.3. The van der Waals surface area contributed by atoms with Crippen LogP contribution in [0.5, 0.6) is 0 Å². The van der Waals surface area contributed by atoms with Crippen LogP contribution in [0, 0.1) is 5.41 Å². The van der Waals surface area contributed by atoms with Crippen molar-refractivity contribution >= 4 is 10.8 Å². The van der Waals surface area contributed by atoms with E-state index in [-0.39, 0.29) is 5.41 Å². The van der Waals surface area contributed by atoms with Crippen LogP contribution in [0.2, 0.25) is 0 Å². The summed E-state index contributed by atoms with van der Waals surface area (Å²) in [5, 5.41) is 13.6. The molecule has 0 radical (unpaired) electrons. The monoisotopic (exact) mass is 255 g/mol. The Labute approximate surface area is 114 Å². The molecule has 2 heteroatoms. The lowest BCUT2D eigenvalue weighted by Crippen LogP contribution is -2.44. The number of aliphatic hydroxyl groups is 1. The molecule has 2 nitrogen and oxygen atoms in total. The van der Waals surface area contributed by atoms with Crippen LogP contribution in [0.1, 0.15) is 45.1 Å². The Morgan fingerprint density at radius 3 is 2.68 bits per heavy atom. The van der Waals surface area contributed by atoms with Crippen molar-refractivity contribution in [2.45, 2.75) is 45.1 Å². The van der Waals surface area contributed by atoms with Gasteiger partial charge in [0.1, 0.15) is 0 Å². The van der Waals surface area contributed by atoms with Gasteiger partial charge in [0, 0.05) is 17.8 Å². The first kappa shape index (κ1) is 12.6. The zero-order valence-corrected chi connectivity index (χ0v) is 11.7. The van der Waals surface area contributed by atoms with E-state index in [1.807, 2.05) is 24.5 Å². The molecule has 1 aromatic heterocycles. The summed E-state index contributed by atoms with van der Waals surface area (Å²) in [4.78, 5) is 4.18. The molecular weight excluding hydrogens is 234 g/mol. The van der Waals surface area contributed by atoms with Crippen molar-refractivity contribution in [2.24, 2.45) is 5.41 Å². The van der Waals surface area contributed by atoms with E-state index in [4.69, 9.17) is 0 Å². The van der Waals surface area contributed by atoms with Gasteiger partial charge in [-0.2, -0.15) is 0 Å². The van der Waals surface area contributed by atoms with Crippen LogP contribution in [0.3, 0.4) is 0 Å². The van der Waals surface area contributed by atoms with Gasteiger partial charge >= 0.3 is 0 Å². The number of aromatic nitrogens is 1. The van der Waals surface area contributed by atoms with Crippen molar-refractivity contribution < 1.29 is 5.11 Å². The minimum Gasteiger partial charge on any atom is -0.385 e. The molecule has 1 heterocycles. The maximum Gasteiger partial charge on any atom is 0.0953 e. The van der Waals surface area contributed by atoms with Gasteiger partial charge in [-0.15, -0.1) is 0 Å². The lowest BCUT2D eigenvalue weighted by molar-refractivity contribution is -0.102. The molecule has 100 valence electrons. The average Bonchev–Trinajstić information content (AvgIpc) is 2.41. The second-order valence-electron chi connectivity index (χ2n) is 6.35. The Balaban J connectivity index is 2.23. The van der Waals surface area contributed by atoms with Crippen LogP contribution in [0.15, 0.2) is 36.7 Å². The standard InChI is InChI=1S/C17H21NO/c1-16(2)9-3-4-10-17(16,19)15-7-5-6-13-12-18-11-8-14(13)15/h5-8,11-12,19H,3-4,9-10H2,1-2H3. The van der Waals surface area contributed by atoms with Crippen molar-refractivity contribution in [3.05, 3.63) is 42.2 Å².